The van der Waals surface area contributed by atoms with Crippen LogP contribution >= 0.6 is 0 Å². The number of aryl methyl sites for hydroxylation is 3. The van der Waals surface area contributed by atoms with E-state index >= 15 is 0 Å². The number of aliphatic hydroxyl groups is 2. The third-order valence-corrected chi connectivity index (χ3v) is 23.2. The summed E-state index contributed by atoms with van der Waals surface area (Å²) in [6, 6.07) is 26.8. The molecule has 4 aliphatic rings. The maximum absolute atomic E-state index is 13.2. The average molecular weight is 1390 g/mol. The number of carboxylic acids is 3. The van der Waals surface area contributed by atoms with Gasteiger partial charge in [-0.1, -0.05) is 162 Å². The number of nitro benzene ring substituents is 2. The highest BCUT2D eigenvalue weighted by molar-refractivity contribution is 5.93. The highest BCUT2D eigenvalue weighted by Crippen LogP contribution is 2.82. The van der Waals surface area contributed by atoms with Crippen LogP contribution in [0.1, 0.15) is 148 Å². The number of fused-ring (bicyclic) bond motifs is 2. The number of carbonyl (C=O) groups is 7. The number of ketones is 2. The number of Topliss-reactive ketones (excluding diaryl/α,β-unsaturated/α-hetero) is 2. The number of carboxylic acid groups (broad SMARTS) is 3. The largest absolute Gasteiger partial charge is 0.497 e. The topological polar surface area (TPSA) is 396 Å². The number of carbonyl (C=O) groups excluding carboxylic acids is 4. The number of nitrogens with two attached hydrogens (primary N) is 2. The number of para-hydroxylation sites is 2. The van der Waals surface area contributed by atoms with E-state index < -0.39 is 86.5 Å². The molecule has 0 saturated heterocycles. The average Bonchev–Trinajstić information content (AvgIpc) is 1.44. The number of hydrogen-bond donors (Lipinski definition) is 7. The number of hydrogen-bond acceptors (Lipinski definition) is 19. The van der Waals surface area contributed by atoms with Crippen LogP contribution in [-0.4, -0.2) is 115 Å². The van der Waals surface area contributed by atoms with Crippen molar-refractivity contribution in [3.63, 3.8) is 0 Å². The summed E-state index contributed by atoms with van der Waals surface area (Å²) in [7, 11) is 3.04. The number of nitrogens with zero attached hydrogens (tertiary/aromatic N) is 2. The molecule has 5 aromatic rings. The summed E-state index contributed by atoms with van der Waals surface area (Å²) in [5.74, 6) is -3.75. The van der Waals surface area contributed by atoms with Crippen molar-refractivity contribution in [2.45, 2.75) is 167 Å². The van der Waals surface area contributed by atoms with Crippen LogP contribution in [0.15, 0.2) is 97.1 Å². The Hall–Kier alpha value is -9.29. The molecule has 24 heteroatoms. The van der Waals surface area contributed by atoms with Crippen molar-refractivity contribution >= 4 is 64.2 Å². The van der Waals surface area contributed by atoms with Gasteiger partial charge in [-0.2, -0.15) is 0 Å². The molecule has 24 nitrogen and oxygen atoms in total. The molecule has 9 rings (SSSR count). The van der Waals surface area contributed by atoms with E-state index in [1.165, 1.54) is 32.4 Å². The highest BCUT2D eigenvalue weighted by atomic mass is 16.6. The summed E-state index contributed by atoms with van der Waals surface area (Å²) in [6.45, 7) is 29.6. The zero-order valence-corrected chi connectivity index (χ0v) is 59.8. The Labute approximate surface area is 585 Å². The third kappa shape index (κ3) is 16.0. The first-order chi connectivity index (χ1) is 45.7. The van der Waals surface area contributed by atoms with Gasteiger partial charge in [0.2, 0.25) is 11.6 Å². The van der Waals surface area contributed by atoms with Crippen molar-refractivity contribution in [3.8, 4) is 11.5 Å². The number of methoxy groups -OCH3 is 2. The summed E-state index contributed by atoms with van der Waals surface area (Å²) in [5.41, 5.74) is 12.8. The Kier molecular flexibility index (Phi) is 26.5. The Morgan fingerprint density at radius 3 is 1.43 bits per heavy atom. The second-order valence-corrected chi connectivity index (χ2v) is 29.1. The van der Waals surface area contributed by atoms with Crippen LogP contribution in [0.2, 0.25) is 0 Å². The Morgan fingerprint density at radius 1 is 0.530 bits per heavy atom. The molecule has 8 atom stereocenters. The Morgan fingerprint density at radius 2 is 0.980 bits per heavy atom. The van der Waals surface area contributed by atoms with E-state index in [1.807, 2.05) is 58.9 Å². The van der Waals surface area contributed by atoms with E-state index in [4.69, 9.17) is 45.7 Å². The first kappa shape index (κ1) is 83.1. The van der Waals surface area contributed by atoms with Gasteiger partial charge in [-0.25, -0.2) is 0 Å². The molecule has 4 aliphatic carbocycles. The zero-order valence-electron chi connectivity index (χ0n) is 59.8. The fraction of sp³-hybridized carbons (Fsp3) is 0.513. The molecular weight excluding hydrogens is 1290 g/mol. The molecule has 2 unspecified atom stereocenters. The van der Waals surface area contributed by atoms with E-state index in [-0.39, 0.29) is 107 Å². The maximum atomic E-state index is 13.2. The van der Waals surface area contributed by atoms with Crippen molar-refractivity contribution in [1.82, 2.24) is 0 Å². The van der Waals surface area contributed by atoms with E-state index in [2.05, 4.69) is 55.4 Å². The quantitative estimate of drug-likeness (QED) is 0.0165. The van der Waals surface area contributed by atoms with Gasteiger partial charge >= 0.3 is 29.8 Å². The number of nitrogen functional groups attached to an aromatic ring is 2. The van der Waals surface area contributed by atoms with Crippen molar-refractivity contribution in [1.29, 1.82) is 0 Å². The molecule has 4 saturated carbocycles. The molecule has 4 fully saturated rings. The highest BCUT2D eigenvalue weighted by Gasteiger charge is 2.82. The van der Waals surface area contributed by atoms with E-state index in [0.29, 0.717) is 39.6 Å². The molecule has 546 valence electrons. The molecule has 9 N–H and O–H groups in total. The predicted octanol–water partition coefficient (Wildman–Crippen LogP) is 12.1. The smallest absolute Gasteiger partial charge is 0.310 e. The molecule has 0 aliphatic heterocycles. The number of rotatable bonds is 20. The van der Waals surface area contributed by atoms with Crippen LogP contribution in [0.4, 0.5) is 22.7 Å². The first-order valence-electron chi connectivity index (χ1n) is 32.6. The SMILES string of the molecule is C.COc1ccc(N)c(CC(=O)OCC(=O)[C@@]2(O)[C@H](C)CC3C(C)(C)C(C)(C)[C@@]32C)c1.COc1cccc(CC(=O)OCC(=O)[C@@]2(O)[C@H](C)CC3C(C)(C)C(C)(C)[C@@]32C)c1N.Cc1ccc([N+](=O)[O-])c(CC(=O)O)c1.Cc1cccc(CC(=O)O)c1.Cc1cccc(CC(=O)O)c1[N+](=O)[O-]. The summed E-state index contributed by atoms with van der Waals surface area (Å²) in [4.78, 5) is 102. The minimum atomic E-state index is -1.52. The second kappa shape index (κ2) is 31.9. The molecule has 0 aromatic heterocycles. The fourth-order valence-electron chi connectivity index (χ4n) is 16.3. The fourth-order valence-corrected chi connectivity index (χ4v) is 16.3. The molecule has 0 spiro atoms. The lowest BCUT2D eigenvalue weighted by Gasteiger charge is -2.72. The predicted molar refractivity (Wildman–Crippen MR) is 378 cm³/mol. The minimum Gasteiger partial charge on any atom is -0.497 e. The molecular formula is C76H102N4O20. The molecule has 0 radical (unpaired) electrons. The number of aliphatic carboxylic acids is 3. The lowest BCUT2D eigenvalue weighted by Crippen LogP contribution is -2.73. The van der Waals surface area contributed by atoms with Crippen molar-refractivity contribution in [3.05, 3.63) is 162 Å². The van der Waals surface area contributed by atoms with Gasteiger partial charge in [0, 0.05) is 39.3 Å². The Balaban J connectivity index is 0.000000281. The lowest BCUT2D eigenvalue weighted by atomic mass is 9.32. The Bertz CT molecular complexity index is 3790. The first-order valence-corrected chi connectivity index (χ1v) is 32.6. The van der Waals surface area contributed by atoms with Crippen LogP contribution in [-0.2, 0) is 75.1 Å². The number of esters is 2. The summed E-state index contributed by atoms with van der Waals surface area (Å²) in [6.07, 6.45) is 0.899. The summed E-state index contributed by atoms with van der Waals surface area (Å²) < 4.78 is 20.9. The van der Waals surface area contributed by atoms with Gasteiger partial charge in [-0.3, -0.25) is 53.8 Å². The van der Waals surface area contributed by atoms with Crippen molar-refractivity contribution in [2.75, 3.05) is 38.9 Å². The molecule has 0 amide bonds. The van der Waals surface area contributed by atoms with Crippen LogP contribution in [0, 0.1) is 97.2 Å². The summed E-state index contributed by atoms with van der Waals surface area (Å²) in [5, 5.41) is 70.1. The van der Waals surface area contributed by atoms with Gasteiger partial charge in [-0.05, 0) is 126 Å². The third-order valence-electron chi connectivity index (χ3n) is 23.2. The van der Waals surface area contributed by atoms with Crippen LogP contribution < -0.4 is 20.9 Å². The second-order valence-electron chi connectivity index (χ2n) is 29.1. The van der Waals surface area contributed by atoms with Crippen LogP contribution in [0.3, 0.4) is 0 Å². The van der Waals surface area contributed by atoms with Crippen molar-refractivity contribution in [2.24, 2.45) is 56.2 Å². The normalized spacial score (nSPS) is 23.8. The van der Waals surface area contributed by atoms with E-state index in [1.54, 1.807) is 68.4 Å². The van der Waals surface area contributed by atoms with Gasteiger partial charge in [0.1, 0.15) is 22.7 Å². The number of benzene rings is 5. The van der Waals surface area contributed by atoms with Gasteiger partial charge in [0.25, 0.3) is 11.4 Å². The summed E-state index contributed by atoms with van der Waals surface area (Å²) >= 11 is 0. The van der Waals surface area contributed by atoms with E-state index in [0.717, 1.165) is 29.5 Å². The van der Waals surface area contributed by atoms with Gasteiger partial charge in [0.05, 0.1) is 61.9 Å². The molecule has 0 bridgehead atoms. The van der Waals surface area contributed by atoms with E-state index in [9.17, 15) is 64.0 Å². The standard InChI is InChI=1S/2C24H35NO5.2C9H9NO4.C9H10O2.CH4/c1-14-10-18-21(2,3)22(4,5)23(18,6)24(14,28)19(26)13-30-20(27)12-15-11-16(29-7)8-9-17(15)25;1-14-11-17-21(2,3)22(4,5)23(17,6)24(14,28)18(26)13-30-19(27)12-15-9-8-10-16(29-7)20(15)25;1-6-2-3-8(10(13)14)7(4-6)5-9(11)12;1-6-3-2-4-7(5-8(11)12)9(6)10(13)14;1-7-3-2-4-8(5-7)6-9(10)11;/h8-9,11,14,18,28H,10,12-13,25H2,1-7H3;8-10,14,17,28H,11-13,25H2,1-7H3;2*2-4H,5H2,1H3,(H,11,12);2-5H,6H2,1H3,(H,10,11);1H4/t14-,18?,23-,24+;14-,17?,23-,24+;;;;/m11..../s1. The lowest BCUT2D eigenvalue weighted by molar-refractivity contribution is -0.386. The van der Waals surface area contributed by atoms with Gasteiger partial charge < -0.3 is 55.9 Å². The van der Waals surface area contributed by atoms with Gasteiger partial charge in [0.15, 0.2) is 13.2 Å². The minimum absolute atomic E-state index is 0. The molecule has 5 aromatic carbocycles. The number of ether oxygens (including phenoxy) is 4. The number of anilines is 2. The van der Waals surface area contributed by atoms with Crippen molar-refractivity contribution < 1.29 is 87.9 Å². The van der Waals surface area contributed by atoms with Crippen LogP contribution in [0.25, 0.3) is 0 Å². The van der Waals surface area contributed by atoms with Gasteiger partial charge in [-0.15, -0.1) is 0 Å². The maximum Gasteiger partial charge on any atom is 0.310 e. The molecule has 0 heterocycles. The molecule has 100 heavy (non-hydrogen) atoms. The van der Waals surface area contributed by atoms with Crippen LogP contribution in [0.5, 0.6) is 11.5 Å². The number of nitro groups is 2. The monoisotopic (exact) mass is 1390 g/mol. The zero-order chi connectivity index (χ0) is 75.1.